The van der Waals surface area contributed by atoms with Gasteiger partial charge < -0.3 is 19.1 Å². The van der Waals surface area contributed by atoms with Gasteiger partial charge in [-0.3, -0.25) is 4.57 Å². The van der Waals surface area contributed by atoms with Crippen LogP contribution in [0.4, 0.5) is 0 Å². The van der Waals surface area contributed by atoms with Crippen LogP contribution in [0.5, 0.6) is 11.5 Å². The Kier molecular flexibility index (Phi) is 9.66. The molecule has 136 valence electrons. The second-order valence-corrected chi connectivity index (χ2v) is 9.19. The van der Waals surface area contributed by atoms with Crippen molar-refractivity contribution in [2.24, 2.45) is 0 Å². The summed E-state index contributed by atoms with van der Waals surface area (Å²) >= 11 is 0. The summed E-state index contributed by atoms with van der Waals surface area (Å²) in [6.45, 7) is 0. The second kappa shape index (κ2) is 10.5. The van der Waals surface area contributed by atoms with E-state index in [2.05, 4.69) is 0 Å². The molecule has 0 aromatic heterocycles. The number of benzene rings is 2. The van der Waals surface area contributed by atoms with Gasteiger partial charge in [0.15, 0.2) is 4.99 Å². The van der Waals surface area contributed by atoms with Crippen molar-refractivity contribution in [3.63, 3.8) is 0 Å². The molecule has 2 aromatic carbocycles. The molecule has 1 unspecified atom stereocenters. The molecule has 2 rings (SSSR count). The van der Waals surface area contributed by atoms with Crippen molar-refractivity contribution in [1.29, 1.82) is 0 Å². The Morgan fingerprint density at radius 2 is 1.54 bits per heavy atom. The van der Waals surface area contributed by atoms with Gasteiger partial charge in [-0.1, -0.05) is 30.3 Å². The maximum atomic E-state index is 11.1. The van der Waals surface area contributed by atoms with Gasteiger partial charge in [0.05, 0.1) is 0 Å². The van der Waals surface area contributed by atoms with Crippen LogP contribution in [0.25, 0.3) is 0 Å². The number of para-hydroxylation sites is 1. The van der Waals surface area contributed by atoms with Crippen molar-refractivity contribution < 1.29 is 83.4 Å². The molecule has 0 aliphatic carbocycles. The Morgan fingerprint density at radius 1 is 1.00 bits per heavy atom. The molecular weight excluding hydrogens is 406 g/mol. The van der Waals surface area contributed by atoms with Crippen LogP contribution in [0.3, 0.4) is 0 Å². The molecule has 0 amide bonds. The third kappa shape index (κ3) is 7.90. The molecule has 0 radical (unpaired) electrons. The van der Waals surface area contributed by atoms with Crippen molar-refractivity contribution in [2.75, 3.05) is 0 Å². The molecule has 0 fully saturated rings. The predicted molar refractivity (Wildman–Crippen MR) is 91.4 cm³/mol. The maximum absolute atomic E-state index is 11.1. The summed E-state index contributed by atoms with van der Waals surface area (Å²) in [6.07, 6.45) is 0.159. The first kappa shape index (κ1) is 24.0. The van der Waals surface area contributed by atoms with E-state index in [1.165, 1.54) is 0 Å². The smallest absolute Gasteiger partial charge is 0.747 e. The van der Waals surface area contributed by atoms with E-state index in [1.54, 1.807) is 24.3 Å². The van der Waals surface area contributed by atoms with Crippen LogP contribution in [-0.2, 0) is 21.1 Å². The molecule has 26 heavy (non-hydrogen) atoms. The number of hydrogen-bond acceptors (Lipinski definition) is 5. The first-order valence-corrected chi connectivity index (χ1v) is 10.6. The van der Waals surface area contributed by atoms with Crippen molar-refractivity contribution in [3.05, 3.63) is 60.2 Å². The minimum Gasteiger partial charge on any atom is -0.747 e. The van der Waals surface area contributed by atoms with Gasteiger partial charge in [0.1, 0.15) is 21.6 Å². The monoisotopic (exact) mass is 424 g/mol. The number of ether oxygens (including phenoxy) is 1. The van der Waals surface area contributed by atoms with E-state index in [0.717, 1.165) is 5.56 Å². The van der Waals surface area contributed by atoms with Crippen LogP contribution >= 0.6 is 7.60 Å². The average Bonchev–Trinajstić information content (AvgIpc) is 2.51. The number of hydrogen-bond donors (Lipinski definition) is 2. The molecule has 0 aliphatic rings. The Morgan fingerprint density at radius 3 is 2.04 bits per heavy atom. The van der Waals surface area contributed by atoms with Gasteiger partial charge in [-0.15, -0.1) is 0 Å². The molecule has 2 N–H and O–H groups in total. The minimum atomic E-state index is -5.05. The molecule has 0 saturated heterocycles. The zero-order valence-electron chi connectivity index (χ0n) is 14.2. The first-order chi connectivity index (χ1) is 11.7. The zero-order valence-corrected chi connectivity index (χ0v) is 19.0. The Bertz CT molecular complexity index is 835. The van der Waals surface area contributed by atoms with E-state index in [4.69, 9.17) is 14.5 Å². The predicted octanol–water partition coefficient (Wildman–Crippen LogP) is -0.145. The Balaban J connectivity index is 0.00000338. The standard InChI is InChI=1S/C16H19O7PS.K/c17-24(18,19)16(25(20,21)22)8-4-5-13-9-11-15(12-10-13)23-14-6-2-1-3-7-14;/h1-3,6-7,9-12,16H,4-5,8H2,(H2,17,18,19)(H,20,21,22);/q;+1/p-1. The SMILES string of the molecule is O=P(O)(O)C(CCCc1ccc(Oc2ccccc2)cc1)S(=O)(=O)[O-].[K+]. The zero-order chi connectivity index (χ0) is 18.5. The quantitative estimate of drug-likeness (QED) is 0.343. The van der Waals surface area contributed by atoms with Gasteiger partial charge in [0, 0.05) is 0 Å². The summed E-state index contributed by atoms with van der Waals surface area (Å²) in [4.78, 5) is 15.8. The van der Waals surface area contributed by atoms with E-state index >= 15 is 0 Å². The van der Waals surface area contributed by atoms with Crippen LogP contribution in [0.1, 0.15) is 18.4 Å². The fraction of sp³-hybridized carbons (Fsp3) is 0.250. The van der Waals surface area contributed by atoms with Crippen molar-refractivity contribution in [1.82, 2.24) is 0 Å². The summed E-state index contributed by atoms with van der Waals surface area (Å²) in [5.41, 5.74) is 0.841. The Hall–Kier alpha value is -0.0636. The van der Waals surface area contributed by atoms with Crippen LogP contribution < -0.4 is 56.1 Å². The fourth-order valence-electron chi connectivity index (χ4n) is 2.31. The fourth-order valence-corrected chi connectivity index (χ4v) is 4.63. The van der Waals surface area contributed by atoms with Gasteiger partial charge in [-0.05, 0) is 49.1 Å². The third-order valence-electron chi connectivity index (χ3n) is 3.53. The molecule has 1 atom stereocenters. The summed E-state index contributed by atoms with van der Waals surface area (Å²) < 4.78 is 49.7. The molecule has 0 spiro atoms. The van der Waals surface area contributed by atoms with Crippen LogP contribution in [0.15, 0.2) is 54.6 Å². The largest absolute Gasteiger partial charge is 1.00 e. The molecule has 0 saturated carbocycles. The van der Waals surface area contributed by atoms with Gasteiger partial charge >= 0.3 is 59.0 Å². The topological polar surface area (TPSA) is 124 Å². The van der Waals surface area contributed by atoms with Crippen molar-refractivity contribution in [2.45, 2.75) is 24.3 Å². The normalized spacial score (nSPS) is 12.9. The summed E-state index contributed by atoms with van der Waals surface area (Å²) in [7, 11) is -10.0. The van der Waals surface area contributed by atoms with Crippen molar-refractivity contribution >= 4 is 17.7 Å². The number of rotatable bonds is 8. The van der Waals surface area contributed by atoms with Gasteiger partial charge in [0.25, 0.3) is 0 Å². The van der Waals surface area contributed by atoms with Crippen molar-refractivity contribution in [3.8, 4) is 11.5 Å². The van der Waals surface area contributed by atoms with Gasteiger partial charge in [-0.2, -0.15) is 0 Å². The van der Waals surface area contributed by atoms with E-state index < -0.39 is 29.1 Å². The van der Waals surface area contributed by atoms with Crippen LogP contribution in [0, 0.1) is 0 Å². The molecule has 0 heterocycles. The van der Waals surface area contributed by atoms with E-state index in [-0.39, 0.29) is 57.8 Å². The van der Waals surface area contributed by atoms with E-state index in [9.17, 15) is 17.5 Å². The third-order valence-corrected chi connectivity index (χ3v) is 7.04. The summed E-state index contributed by atoms with van der Waals surface area (Å²) in [6, 6.07) is 16.3. The van der Waals surface area contributed by atoms with Crippen LogP contribution in [0.2, 0.25) is 0 Å². The van der Waals surface area contributed by atoms with Gasteiger partial charge in [-0.25, -0.2) is 8.42 Å². The minimum absolute atomic E-state index is 0. The maximum Gasteiger partial charge on any atom is 1.00 e. The van der Waals surface area contributed by atoms with Crippen LogP contribution in [-0.4, -0.2) is 27.7 Å². The Labute approximate surface area is 195 Å². The number of aryl methyl sites for hydroxylation is 1. The molecule has 2 aromatic rings. The molecule has 7 nitrogen and oxygen atoms in total. The first-order valence-electron chi connectivity index (χ1n) is 7.48. The van der Waals surface area contributed by atoms with E-state index in [1.807, 2.05) is 30.3 Å². The molecular formula is C16H18KO7PS. The molecule has 0 aliphatic heterocycles. The summed E-state index contributed by atoms with van der Waals surface area (Å²) in [5.74, 6) is 1.32. The average molecular weight is 424 g/mol. The van der Waals surface area contributed by atoms with Gasteiger partial charge in [0.2, 0.25) is 0 Å². The summed E-state index contributed by atoms with van der Waals surface area (Å²) in [5, 5.41) is 0. The second-order valence-electron chi connectivity index (χ2n) is 5.49. The van der Waals surface area contributed by atoms with E-state index in [0.29, 0.717) is 17.9 Å². The molecule has 0 bridgehead atoms. The molecule has 10 heteroatoms.